The van der Waals surface area contributed by atoms with Gasteiger partial charge in [-0.3, -0.25) is 14.6 Å². The molecule has 2 aromatic heterocycles. The second kappa shape index (κ2) is 11.5. The number of amides is 1. The normalized spacial score (nSPS) is 15.4. The van der Waals surface area contributed by atoms with Crippen LogP contribution in [0.4, 0.5) is 13.2 Å². The first-order valence-corrected chi connectivity index (χ1v) is 12.2. The molecule has 3 aromatic rings. The van der Waals surface area contributed by atoms with Crippen LogP contribution in [0.3, 0.4) is 0 Å². The molecule has 0 radical (unpaired) electrons. The molecular formula is C27H26F3N7O2. The summed E-state index contributed by atoms with van der Waals surface area (Å²) in [4.78, 5) is 34.8. The van der Waals surface area contributed by atoms with Gasteiger partial charge in [0.05, 0.1) is 36.5 Å². The van der Waals surface area contributed by atoms with Gasteiger partial charge in [0.25, 0.3) is 0 Å². The van der Waals surface area contributed by atoms with E-state index in [2.05, 4.69) is 21.1 Å². The number of carbonyl (C=O) groups is 2. The van der Waals surface area contributed by atoms with Crippen molar-refractivity contribution in [3.63, 3.8) is 0 Å². The van der Waals surface area contributed by atoms with Gasteiger partial charge in [0.1, 0.15) is 11.8 Å². The molecule has 1 saturated heterocycles. The van der Waals surface area contributed by atoms with Crippen LogP contribution in [0.1, 0.15) is 30.9 Å². The maximum absolute atomic E-state index is 12.5. The summed E-state index contributed by atoms with van der Waals surface area (Å²) >= 11 is 0. The number of rotatable bonds is 9. The van der Waals surface area contributed by atoms with Gasteiger partial charge in [-0.1, -0.05) is 18.2 Å². The van der Waals surface area contributed by atoms with Crippen LogP contribution in [0.5, 0.6) is 0 Å². The zero-order valence-corrected chi connectivity index (χ0v) is 21.1. The Kier molecular flexibility index (Phi) is 8.09. The summed E-state index contributed by atoms with van der Waals surface area (Å²) in [6.45, 7) is 2.50. The lowest BCUT2D eigenvalue weighted by Gasteiger charge is -2.36. The lowest BCUT2D eigenvalue weighted by atomic mass is 10.0. The Labute approximate surface area is 222 Å². The fourth-order valence-electron chi connectivity index (χ4n) is 4.14. The summed E-state index contributed by atoms with van der Waals surface area (Å²) in [6, 6.07) is 10.2. The highest BCUT2D eigenvalue weighted by molar-refractivity contribution is 6.10. The summed E-state index contributed by atoms with van der Waals surface area (Å²) in [5.41, 5.74) is 9.42. The largest absolute Gasteiger partial charge is 0.404 e. The van der Waals surface area contributed by atoms with Crippen molar-refractivity contribution in [1.82, 2.24) is 19.5 Å². The molecule has 0 spiro atoms. The Morgan fingerprint density at radius 1 is 1.28 bits per heavy atom. The predicted octanol–water partition coefficient (Wildman–Crippen LogP) is 3.59. The highest BCUT2D eigenvalue weighted by Crippen LogP contribution is 2.25. The molecule has 1 aliphatic rings. The number of likely N-dealkylation sites (tertiary alicyclic amines) is 1. The van der Waals surface area contributed by atoms with Crippen LogP contribution >= 0.6 is 0 Å². The Morgan fingerprint density at radius 2 is 2.05 bits per heavy atom. The van der Waals surface area contributed by atoms with E-state index in [-0.39, 0.29) is 18.2 Å². The van der Waals surface area contributed by atoms with Crippen LogP contribution in [0, 0.1) is 17.2 Å². The fourth-order valence-corrected chi connectivity index (χ4v) is 4.14. The van der Waals surface area contributed by atoms with Gasteiger partial charge in [-0.05, 0) is 24.6 Å². The van der Waals surface area contributed by atoms with Crippen molar-refractivity contribution in [3.05, 3.63) is 60.1 Å². The first-order valence-electron chi connectivity index (χ1n) is 12.2. The molecule has 1 aliphatic heterocycles. The molecular weight excluding hydrogens is 511 g/mol. The Bertz CT molecular complexity index is 1480. The topological polar surface area (TPSA) is 130 Å². The third-order valence-electron chi connectivity index (χ3n) is 6.36. The van der Waals surface area contributed by atoms with E-state index in [1.807, 2.05) is 0 Å². The number of Topliss-reactive ketones (excluding diaryl/α,β-unsaturated/α-hetero) is 1. The fraction of sp³-hybridized carbons (Fsp3) is 0.333. The molecule has 4 rings (SSSR count). The number of aromatic nitrogens is 3. The minimum absolute atomic E-state index is 0.0974. The molecule has 3 heterocycles. The molecule has 2 N–H and O–H groups in total. The first kappa shape index (κ1) is 27.5. The van der Waals surface area contributed by atoms with Crippen molar-refractivity contribution in [2.75, 3.05) is 13.1 Å². The number of nitrogens with two attached hydrogens (primary N) is 1. The second-order valence-corrected chi connectivity index (χ2v) is 9.33. The molecule has 0 bridgehead atoms. The van der Waals surface area contributed by atoms with Gasteiger partial charge >= 0.3 is 6.18 Å². The summed E-state index contributed by atoms with van der Waals surface area (Å²) < 4.78 is 38.9. The van der Waals surface area contributed by atoms with E-state index in [0.717, 1.165) is 0 Å². The molecule has 1 atom stereocenters. The Hall–Kier alpha value is -4.53. The summed E-state index contributed by atoms with van der Waals surface area (Å²) in [5.74, 6) is -0.777. The van der Waals surface area contributed by atoms with E-state index in [1.54, 1.807) is 59.1 Å². The van der Waals surface area contributed by atoms with Crippen LogP contribution in [0.15, 0.2) is 53.9 Å². The van der Waals surface area contributed by atoms with Gasteiger partial charge in [0, 0.05) is 55.0 Å². The van der Waals surface area contributed by atoms with Crippen LogP contribution in [0.2, 0.25) is 0 Å². The molecule has 12 heteroatoms. The minimum Gasteiger partial charge on any atom is -0.404 e. The number of aliphatic imine (C=N–C) groups is 1. The number of halogens is 3. The van der Waals surface area contributed by atoms with Crippen molar-refractivity contribution in [1.29, 1.82) is 5.26 Å². The zero-order valence-electron chi connectivity index (χ0n) is 21.1. The van der Waals surface area contributed by atoms with E-state index in [4.69, 9.17) is 11.0 Å². The van der Waals surface area contributed by atoms with Gasteiger partial charge in [-0.2, -0.15) is 23.5 Å². The number of imidazole rings is 1. The third kappa shape index (κ3) is 6.67. The number of fused-ring (bicyclic) bond motifs is 1. The number of nitriles is 1. The number of hydrogen-bond donors (Lipinski definition) is 1. The molecule has 1 aromatic carbocycles. The molecule has 0 aliphatic carbocycles. The number of nitrogens with zero attached hydrogens (tertiary/aromatic N) is 6. The lowest BCUT2D eigenvalue weighted by Crippen LogP contribution is -2.52. The monoisotopic (exact) mass is 537 g/mol. The zero-order chi connectivity index (χ0) is 28.2. The number of carbonyl (C=O) groups excluding carboxylic acids is 2. The van der Waals surface area contributed by atoms with Crippen LogP contribution in [-0.4, -0.2) is 62.7 Å². The Balaban J connectivity index is 1.47. The van der Waals surface area contributed by atoms with Crippen LogP contribution in [0.25, 0.3) is 22.5 Å². The summed E-state index contributed by atoms with van der Waals surface area (Å²) in [7, 11) is 0. The molecule has 1 amide bonds. The molecule has 39 heavy (non-hydrogen) atoms. The highest BCUT2D eigenvalue weighted by atomic mass is 19.4. The standard InChI is InChI=1S/C27H26F3N7O2/c1-17(26(39)36-15-19(10-31)16-36)33-12-22(11-32)21-9-25-34-14-24(37(25)35-13-21)20-4-2-3-18(7-20)8-23(38)5-6-27(28,29)30/h2-4,7,9,11-14,17,19H,5-6,8,15-16,32H2,1H3. The van der Waals surface area contributed by atoms with E-state index < -0.39 is 30.8 Å². The minimum atomic E-state index is -4.37. The van der Waals surface area contributed by atoms with E-state index in [9.17, 15) is 22.8 Å². The molecule has 0 saturated carbocycles. The molecule has 1 fully saturated rings. The molecule has 1 unspecified atom stereocenters. The van der Waals surface area contributed by atoms with E-state index >= 15 is 0 Å². The van der Waals surface area contributed by atoms with Crippen LogP contribution < -0.4 is 5.73 Å². The average molecular weight is 538 g/mol. The van der Waals surface area contributed by atoms with Gasteiger partial charge in [-0.15, -0.1) is 0 Å². The van der Waals surface area contributed by atoms with Crippen molar-refractivity contribution in [3.8, 4) is 17.3 Å². The third-order valence-corrected chi connectivity index (χ3v) is 6.36. The molecule has 9 nitrogen and oxygen atoms in total. The van der Waals surface area contributed by atoms with Crippen LogP contribution in [-0.2, 0) is 16.0 Å². The SMILES string of the molecule is CC(N=CC(=CN)c1cnn2c(-c3cccc(CC(=O)CCC(F)(F)F)c3)cnc2c1)C(=O)N1CC(C#N)C1. The number of ketones is 1. The van der Waals surface area contributed by atoms with Gasteiger partial charge in [0.15, 0.2) is 5.65 Å². The first-order chi connectivity index (χ1) is 18.6. The lowest BCUT2D eigenvalue weighted by molar-refractivity contribution is -0.143. The summed E-state index contributed by atoms with van der Waals surface area (Å²) in [6.07, 6.45) is -0.110. The number of allylic oxidation sites excluding steroid dienone is 1. The second-order valence-electron chi connectivity index (χ2n) is 9.33. The average Bonchev–Trinajstić information content (AvgIpc) is 3.30. The van der Waals surface area contributed by atoms with Gasteiger partial charge < -0.3 is 10.6 Å². The maximum Gasteiger partial charge on any atom is 0.389 e. The van der Waals surface area contributed by atoms with Crippen molar-refractivity contribution in [2.45, 2.75) is 38.4 Å². The number of benzene rings is 1. The highest BCUT2D eigenvalue weighted by Gasteiger charge is 2.32. The van der Waals surface area contributed by atoms with E-state index in [0.29, 0.717) is 46.7 Å². The van der Waals surface area contributed by atoms with E-state index in [1.165, 1.54) is 12.4 Å². The smallest absolute Gasteiger partial charge is 0.389 e. The van der Waals surface area contributed by atoms with Crippen molar-refractivity contribution < 1.29 is 22.8 Å². The Morgan fingerprint density at radius 3 is 2.74 bits per heavy atom. The number of hydrogen-bond acceptors (Lipinski definition) is 7. The van der Waals surface area contributed by atoms with Crippen molar-refractivity contribution in [2.24, 2.45) is 16.6 Å². The number of alkyl halides is 3. The van der Waals surface area contributed by atoms with Gasteiger partial charge in [0.2, 0.25) is 5.91 Å². The van der Waals surface area contributed by atoms with Gasteiger partial charge in [-0.25, -0.2) is 9.50 Å². The quantitative estimate of drug-likeness (QED) is 0.415. The predicted molar refractivity (Wildman–Crippen MR) is 138 cm³/mol. The van der Waals surface area contributed by atoms with Crippen molar-refractivity contribution >= 4 is 29.1 Å². The maximum atomic E-state index is 12.5. The summed E-state index contributed by atoms with van der Waals surface area (Å²) in [5, 5.41) is 13.4. The molecule has 202 valence electrons.